The molecule has 1 fully saturated rings. The Morgan fingerprint density at radius 2 is 1.94 bits per heavy atom. The van der Waals surface area contributed by atoms with Gasteiger partial charge in [-0.3, -0.25) is 19.8 Å². The summed E-state index contributed by atoms with van der Waals surface area (Å²) in [7, 11) is 1.46. The number of nitro groups is 1. The van der Waals surface area contributed by atoms with Crippen LogP contribution in [-0.2, 0) is 4.79 Å². The molecule has 0 spiro atoms. The van der Waals surface area contributed by atoms with Gasteiger partial charge in [0.2, 0.25) is 0 Å². The highest BCUT2D eigenvalue weighted by Crippen LogP contribution is 2.39. The first kappa shape index (κ1) is 23.4. The molecule has 1 amide bonds. The van der Waals surface area contributed by atoms with Crippen LogP contribution in [-0.4, -0.2) is 27.2 Å². The van der Waals surface area contributed by atoms with Crippen LogP contribution in [0.5, 0.6) is 17.4 Å². The van der Waals surface area contributed by atoms with Gasteiger partial charge in [-0.1, -0.05) is 47.7 Å². The molecule has 0 bridgehead atoms. The van der Waals surface area contributed by atoms with Crippen LogP contribution in [0.4, 0.5) is 11.4 Å². The molecule has 1 aromatic heterocycles. The second-order valence-electron chi connectivity index (χ2n) is 7.40. The number of hydrogen-bond acceptors (Lipinski definition) is 8. The van der Waals surface area contributed by atoms with Gasteiger partial charge in [0.25, 0.3) is 11.8 Å². The van der Waals surface area contributed by atoms with Gasteiger partial charge >= 0.3 is 5.69 Å². The molecular weight excluding hydrogens is 474 g/mol. The van der Waals surface area contributed by atoms with Crippen LogP contribution in [0.15, 0.2) is 59.6 Å². The SMILES string of the molecule is COc1cc(/C=C2/SC(=S)N(c3ccc(C)cc3C)C2=O)ccc1Oc1ncccc1[N+](=O)[O-]. The van der Waals surface area contributed by atoms with E-state index in [1.165, 1.54) is 42.1 Å². The molecule has 3 aromatic rings. The van der Waals surface area contributed by atoms with Crippen LogP contribution < -0.4 is 14.4 Å². The van der Waals surface area contributed by atoms with Crippen molar-refractivity contribution in [3.63, 3.8) is 0 Å². The van der Waals surface area contributed by atoms with E-state index < -0.39 is 4.92 Å². The van der Waals surface area contributed by atoms with Crippen molar-refractivity contribution < 1.29 is 19.2 Å². The van der Waals surface area contributed by atoms with Gasteiger partial charge < -0.3 is 9.47 Å². The van der Waals surface area contributed by atoms with E-state index in [0.717, 1.165) is 16.8 Å². The number of aryl methyl sites for hydroxylation is 2. The van der Waals surface area contributed by atoms with Crippen molar-refractivity contribution in [2.45, 2.75) is 13.8 Å². The number of methoxy groups -OCH3 is 1. The zero-order chi connectivity index (χ0) is 24.4. The van der Waals surface area contributed by atoms with Crippen LogP contribution in [0.2, 0.25) is 0 Å². The van der Waals surface area contributed by atoms with Crippen LogP contribution in [0.1, 0.15) is 16.7 Å². The highest BCUT2D eigenvalue weighted by Gasteiger charge is 2.34. The number of carbonyl (C=O) groups excluding carboxylic acids is 1. The first-order valence-electron chi connectivity index (χ1n) is 10.1. The second-order valence-corrected chi connectivity index (χ2v) is 9.08. The minimum Gasteiger partial charge on any atom is -0.493 e. The monoisotopic (exact) mass is 493 g/mol. The molecule has 0 unspecified atom stereocenters. The normalized spacial score (nSPS) is 14.6. The van der Waals surface area contributed by atoms with Crippen molar-refractivity contribution in [3.8, 4) is 17.4 Å². The number of rotatable bonds is 6. The fourth-order valence-corrected chi connectivity index (χ4v) is 4.73. The number of aromatic nitrogens is 1. The van der Waals surface area contributed by atoms with Crippen molar-refractivity contribution in [1.82, 2.24) is 4.98 Å². The second kappa shape index (κ2) is 9.62. The topological polar surface area (TPSA) is 94.8 Å². The predicted molar refractivity (Wildman–Crippen MR) is 136 cm³/mol. The quantitative estimate of drug-likeness (QED) is 0.184. The van der Waals surface area contributed by atoms with Crippen LogP contribution in [0.25, 0.3) is 6.08 Å². The Bertz CT molecular complexity index is 1360. The minimum atomic E-state index is -0.569. The fraction of sp³-hybridized carbons (Fsp3) is 0.125. The summed E-state index contributed by atoms with van der Waals surface area (Å²) in [6.07, 6.45) is 3.12. The van der Waals surface area contributed by atoms with Crippen molar-refractivity contribution in [2.75, 3.05) is 12.0 Å². The summed E-state index contributed by atoms with van der Waals surface area (Å²) in [5.74, 6) is 0.237. The maximum Gasteiger partial charge on any atom is 0.331 e. The number of carbonyl (C=O) groups is 1. The molecule has 2 aromatic carbocycles. The van der Waals surface area contributed by atoms with Gasteiger partial charge in [-0.25, -0.2) is 4.98 Å². The Balaban J connectivity index is 1.62. The maximum absolute atomic E-state index is 13.1. The third-order valence-corrected chi connectivity index (χ3v) is 6.33. The summed E-state index contributed by atoms with van der Waals surface area (Å²) in [5.41, 5.74) is 3.25. The number of thiocarbonyl (C=S) groups is 1. The Morgan fingerprint density at radius 1 is 1.15 bits per heavy atom. The Hall–Kier alpha value is -3.76. The molecule has 172 valence electrons. The Kier molecular flexibility index (Phi) is 6.62. The van der Waals surface area contributed by atoms with E-state index in [2.05, 4.69) is 4.98 Å². The molecule has 2 heterocycles. The molecule has 0 saturated carbocycles. The van der Waals surface area contributed by atoms with Crippen LogP contribution in [0, 0.1) is 24.0 Å². The third-order valence-electron chi connectivity index (χ3n) is 5.03. The average Bonchev–Trinajstić information content (AvgIpc) is 3.08. The first-order valence-corrected chi connectivity index (χ1v) is 11.3. The molecule has 1 aliphatic heterocycles. The Labute approximate surface area is 205 Å². The zero-order valence-electron chi connectivity index (χ0n) is 18.5. The van der Waals surface area contributed by atoms with Crippen molar-refractivity contribution >= 4 is 51.7 Å². The van der Waals surface area contributed by atoms with E-state index in [0.29, 0.717) is 20.5 Å². The number of ether oxygens (including phenoxy) is 2. The van der Waals surface area contributed by atoms with Crippen molar-refractivity contribution in [3.05, 3.63) is 86.4 Å². The van der Waals surface area contributed by atoms with Crippen LogP contribution in [0.3, 0.4) is 0 Å². The lowest BCUT2D eigenvalue weighted by Gasteiger charge is -2.17. The minimum absolute atomic E-state index is 0.145. The van der Waals surface area contributed by atoms with Gasteiger partial charge in [0.1, 0.15) is 0 Å². The van der Waals surface area contributed by atoms with E-state index in [-0.39, 0.29) is 23.2 Å². The average molecular weight is 494 g/mol. The number of pyridine rings is 1. The fourth-order valence-electron chi connectivity index (χ4n) is 3.45. The van der Waals surface area contributed by atoms with E-state index in [1.807, 2.05) is 32.0 Å². The number of nitrogens with zero attached hydrogens (tertiary/aromatic N) is 3. The van der Waals surface area contributed by atoms with E-state index in [1.54, 1.807) is 24.3 Å². The molecule has 10 heteroatoms. The standard InChI is InChI=1S/C24H19N3O5S2/c1-14-6-8-17(15(2)11-14)26-23(28)21(34-24(26)33)13-16-7-9-19(20(12-16)31-3)32-22-18(27(29)30)5-4-10-25-22/h4-13H,1-3H3/b21-13+. The van der Waals surface area contributed by atoms with Crippen molar-refractivity contribution in [2.24, 2.45) is 0 Å². The predicted octanol–water partition coefficient (Wildman–Crippen LogP) is 5.81. The molecule has 1 saturated heterocycles. The van der Waals surface area contributed by atoms with Gasteiger partial charge in [0.15, 0.2) is 15.8 Å². The smallest absolute Gasteiger partial charge is 0.331 e. The number of anilines is 1. The van der Waals surface area contributed by atoms with E-state index in [9.17, 15) is 14.9 Å². The molecule has 34 heavy (non-hydrogen) atoms. The lowest BCUT2D eigenvalue weighted by molar-refractivity contribution is -0.386. The summed E-state index contributed by atoms with van der Waals surface area (Å²) < 4.78 is 11.5. The van der Waals surface area contributed by atoms with E-state index >= 15 is 0 Å². The third kappa shape index (κ3) is 4.63. The first-order chi connectivity index (χ1) is 16.3. The largest absolute Gasteiger partial charge is 0.493 e. The van der Waals surface area contributed by atoms with Gasteiger partial charge in [0.05, 0.1) is 22.6 Å². The molecular formula is C24H19N3O5S2. The molecule has 0 N–H and O–H groups in total. The summed E-state index contributed by atoms with van der Waals surface area (Å²) in [5, 5.41) is 11.2. The number of hydrogen-bond donors (Lipinski definition) is 0. The van der Waals surface area contributed by atoms with Gasteiger partial charge in [0, 0.05) is 12.3 Å². The van der Waals surface area contributed by atoms with Gasteiger partial charge in [-0.2, -0.15) is 0 Å². The highest BCUT2D eigenvalue weighted by molar-refractivity contribution is 8.27. The van der Waals surface area contributed by atoms with Gasteiger partial charge in [-0.15, -0.1) is 0 Å². The van der Waals surface area contributed by atoms with E-state index in [4.69, 9.17) is 21.7 Å². The molecule has 0 radical (unpaired) electrons. The molecule has 4 rings (SSSR count). The van der Waals surface area contributed by atoms with Crippen LogP contribution >= 0.6 is 24.0 Å². The lowest BCUT2D eigenvalue weighted by atomic mass is 10.1. The summed E-state index contributed by atoms with van der Waals surface area (Å²) in [6, 6.07) is 13.6. The molecule has 8 nitrogen and oxygen atoms in total. The summed E-state index contributed by atoms with van der Waals surface area (Å²) in [4.78, 5) is 29.8. The number of benzene rings is 2. The Morgan fingerprint density at radius 3 is 2.65 bits per heavy atom. The maximum atomic E-state index is 13.1. The highest BCUT2D eigenvalue weighted by atomic mass is 32.2. The lowest BCUT2D eigenvalue weighted by Crippen LogP contribution is -2.28. The summed E-state index contributed by atoms with van der Waals surface area (Å²) >= 11 is 6.70. The zero-order valence-corrected chi connectivity index (χ0v) is 20.1. The van der Waals surface area contributed by atoms with Crippen molar-refractivity contribution in [1.29, 1.82) is 0 Å². The summed E-state index contributed by atoms with van der Waals surface area (Å²) in [6.45, 7) is 3.94. The molecule has 1 aliphatic rings. The number of thioether (sulfide) groups is 1. The van der Waals surface area contributed by atoms with Gasteiger partial charge in [-0.05, 0) is 55.3 Å². The number of amides is 1. The molecule has 0 atom stereocenters. The molecule has 0 aliphatic carbocycles.